The van der Waals surface area contributed by atoms with Crippen LogP contribution in [-0.2, 0) is 0 Å². The highest BCUT2D eigenvalue weighted by molar-refractivity contribution is 4.46. The Kier molecular flexibility index (Phi) is 2.19. The summed E-state index contributed by atoms with van der Waals surface area (Å²) in [6.45, 7) is 6.12. The highest BCUT2D eigenvalue weighted by atomic mass is 14.5. The van der Waals surface area contributed by atoms with Gasteiger partial charge in [-0.15, -0.1) is 0 Å². The van der Waals surface area contributed by atoms with Crippen molar-refractivity contribution < 1.29 is 5.73 Å². The molecule has 0 spiro atoms. The Morgan fingerprint density at radius 2 is 1.80 bits per heavy atom. The van der Waals surface area contributed by atoms with E-state index in [1.54, 1.807) is 0 Å². The fourth-order valence-corrected chi connectivity index (χ4v) is 0. The highest BCUT2D eigenvalue weighted by Crippen LogP contribution is 1.85. The van der Waals surface area contributed by atoms with Crippen molar-refractivity contribution in [3.63, 3.8) is 0 Å². The van der Waals surface area contributed by atoms with Gasteiger partial charge in [-0.2, -0.15) is 0 Å². The first-order chi connectivity index (χ1) is 2.27. The third-order valence-corrected chi connectivity index (χ3v) is 0.471. The molecule has 0 saturated heterocycles. The van der Waals surface area contributed by atoms with Crippen molar-refractivity contribution in [2.75, 3.05) is 0 Å². The van der Waals surface area contributed by atoms with E-state index in [4.69, 9.17) is 0 Å². The van der Waals surface area contributed by atoms with Gasteiger partial charge in [0.15, 0.2) is 0 Å². The smallest absolute Gasteiger partial charge is 0.139 e. The van der Waals surface area contributed by atoms with Crippen LogP contribution in [0.15, 0.2) is 0 Å². The number of quaternary nitrogens is 1. The van der Waals surface area contributed by atoms with Crippen molar-refractivity contribution in [3.05, 3.63) is 6.54 Å². The lowest BCUT2D eigenvalue weighted by Gasteiger charge is -1.85. The zero-order valence-corrected chi connectivity index (χ0v) is 3.86. The van der Waals surface area contributed by atoms with Crippen molar-refractivity contribution in [2.45, 2.75) is 13.8 Å². The van der Waals surface area contributed by atoms with E-state index >= 15 is 0 Å². The Labute approximate surface area is 33.2 Å². The van der Waals surface area contributed by atoms with E-state index in [9.17, 15) is 0 Å². The Hall–Kier alpha value is -0.0400. The minimum Gasteiger partial charge on any atom is -0.350 e. The lowest BCUT2D eigenvalue weighted by atomic mass is 10.2. The van der Waals surface area contributed by atoms with Gasteiger partial charge in [-0.1, -0.05) is 13.8 Å². The molecule has 0 atom stereocenters. The minimum atomic E-state index is 0.648. The van der Waals surface area contributed by atoms with Crippen molar-refractivity contribution in [2.24, 2.45) is 5.92 Å². The van der Waals surface area contributed by atoms with Crippen molar-refractivity contribution in [1.29, 1.82) is 0 Å². The zero-order valence-electron chi connectivity index (χ0n) is 3.86. The maximum absolute atomic E-state index is 3.56. The summed E-state index contributed by atoms with van der Waals surface area (Å²) < 4.78 is 0. The molecule has 1 nitrogen and oxygen atoms in total. The molecule has 0 aliphatic heterocycles. The Bertz CT molecular complexity index is 17.6. The number of rotatable bonds is 1. The normalized spacial score (nSPS) is 9.60. The molecular formula is C4H11N+. The minimum absolute atomic E-state index is 0.648. The first-order valence-corrected chi connectivity index (χ1v) is 1.90. The molecule has 1 heteroatoms. The second-order valence-electron chi connectivity index (χ2n) is 1.48. The van der Waals surface area contributed by atoms with Gasteiger partial charge >= 0.3 is 0 Å². The summed E-state index contributed by atoms with van der Waals surface area (Å²) in [4.78, 5) is 0. The van der Waals surface area contributed by atoms with Crippen LogP contribution in [-0.4, -0.2) is 0 Å². The van der Waals surface area contributed by atoms with Crippen molar-refractivity contribution in [3.8, 4) is 0 Å². The summed E-state index contributed by atoms with van der Waals surface area (Å²) in [5, 5.41) is 0. The van der Waals surface area contributed by atoms with E-state index in [0.717, 1.165) is 0 Å². The van der Waals surface area contributed by atoms with Crippen LogP contribution in [0.1, 0.15) is 13.8 Å². The van der Waals surface area contributed by atoms with Crippen molar-refractivity contribution >= 4 is 0 Å². The molecule has 0 aliphatic carbocycles. The Balaban J connectivity index is 2.54. The Morgan fingerprint density at radius 3 is 1.80 bits per heavy atom. The maximum atomic E-state index is 3.56. The molecule has 0 aromatic rings. The van der Waals surface area contributed by atoms with E-state index in [1.165, 1.54) is 0 Å². The molecule has 0 saturated carbocycles. The van der Waals surface area contributed by atoms with Gasteiger partial charge in [0, 0.05) is 5.92 Å². The van der Waals surface area contributed by atoms with E-state index in [1.807, 2.05) is 6.54 Å². The molecule has 5 heavy (non-hydrogen) atoms. The zero-order chi connectivity index (χ0) is 4.28. The third kappa shape index (κ3) is 3.96. The average Bonchev–Trinajstić information content (AvgIpc) is 1.38. The molecule has 1 radical (unpaired) electrons. The van der Waals surface area contributed by atoms with E-state index in [2.05, 4.69) is 19.6 Å². The standard InChI is InChI=1S/C4H11N/c1-4(2)3-5/h3-4H,1-2,5H3/q+1. The van der Waals surface area contributed by atoms with Crippen LogP contribution in [0.2, 0.25) is 0 Å². The van der Waals surface area contributed by atoms with Gasteiger partial charge in [0.05, 0.1) is 0 Å². The summed E-state index contributed by atoms with van der Waals surface area (Å²) >= 11 is 0. The molecule has 0 bridgehead atoms. The van der Waals surface area contributed by atoms with Crippen LogP contribution in [0.5, 0.6) is 0 Å². The summed E-state index contributed by atoms with van der Waals surface area (Å²) in [7, 11) is 0. The highest BCUT2D eigenvalue weighted by Gasteiger charge is 1.85. The summed E-state index contributed by atoms with van der Waals surface area (Å²) in [5.74, 6) is 0.648. The van der Waals surface area contributed by atoms with Crippen LogP contribution < -0.4 is 5.73 Å². The molecule has 0 heterocycles. The molecule has 0 unspecified atom stereocenters. The van der Waals surface area contributed by atoms with Gasteiger partial charge in [0.25, 0.3) is 0 Å². The molecule has 31 valence electrons. The molecule has 3 N–H and O–H groups in total. The molecule has 0 aliphatic rings. The molecule has 0 rings (SSSR count). The van der Waals surface area contributed by atoms with Gasteiger partial charge in [0.1, 0.15) is 6.54 Å². The average molecular weight is 73.1 g/mol. The van der Waals surface area contributed by atoms with Crippen molar-refractivity contribution in [1.82, 2.24) is 0 Å². The monoisotopic (exact) mass is 73.1 g/mol. The maximum Gasteiger partial charge on any atom is 0.139 e. The predicted molar refractivity (Wildman–Crippen MR) is 22.0 cm³/mol. The number of hydrogen-bond acceptors (Lipinski definition) is 0. The quantitative estimate of drug-likeness (QED) is 0.454. The lowest BCUT2D eigenvalue weighted by Crippen LogP contribution is -2.46. The molecule has 0 aromatic heterocycles. The fraction of sp³-hybridized carbons (Fsp3) is 0.750. The topological polar surface area (TPSA) is 27.6 Å². The van der Waals surface area contributed by atoms with Gasteiger partial charge in [-0.25, -0.2) is 0 Å². The van der Waals surface area contributed by atoms with Crippen LogP contribution >= 0.6 is 0 Å². The van der Waals surface area contributed by atoms with Gasteiger partial charge in [-0.05, 0) is 0 Å². The second-order valence-corrected chi connectivity index (χ2v) is 1.48. The van der Waals surface area contributed by atoms with Crippen LogP contribution in [0.25, 0.3) is 0 Å². The first kappa shape index (κ1) is 4.96. The van der Waals surface area contributed by atoms with Crippen LogP contribution in [0.3, 0.4) is 0 Å². The SMILES string of the molecule is CC(C)[CH][NH3+]. The van der Waals surface area contributed by atoms with Gasteiger partial charge in [0.2, 0.25) is 0 Å². The molecule has 0 aromatic carbocycles. The third-order valence-electron chi connectivity index (χ3n) is 0.471. The Morgan fingerprint density at radius 1 is 1.60 bits per heavy atom. The number of hydrogen-bond donors (Lipinski definition) is 1. The van der Waals surface area contributed by atoms with Gasteiger partial charge < -0.3 is 5.73 Å². The van der Waals surface area contributed by atoms with Crippen LogP contribution in [0, 0.1) is 12.5 Å². The summed E-state index contributed by atoms with van der Waals surface area (Å²) in [6.07, 6.45) is 0. The first-order valence-electron chi connectivity index (χ1n) is 1.90. The van der Waals surface area contributed by atoms with Crippen LogP contribution in [0.4, 0.5) is 0 Å². The van der Waals surface area contributed by atoms with E-state index in [-0.39, 0.29) is 0 Å². The van der Waals surface area contributed by atoms with E-state index < -0.39 is 0 Å². The van der Waals surface area contributed by atoms with Gasteiger partial charge in [-0.3, -0.25) is 0 Å². The van der Waals surface area contributed by atoms with E-state index in [0.29, 0.717) is 5.92 Å². The summed E-state index contributed by atoms with van der Waals surface area (Å²) in [6, 6.07) is 0. The predicted octanol–water partition coefficient (Wildman–Crippen LogP) is 0.0461. The second kappa shape index (κ2) is 2.21. The largest absolute Gasteiger partial charge is 0.350 e. The lowest BCUT2D eigenvalue weighted by molar-refractivity contribution is -0.325. The fourth-order valence-electron chi connectivity index (χ4n) is 0. The molecular weight excluding hydrogens is 62.1 g/mol. The molecule has 0 fully saturated rings. The molecule has 0 amide bonds. The summed E-state index contributed by atoms with van der Waals surface area (Å²) in [5.41, 5.74) is 3.56.